The second-order valence-electron chi connectivity index (χ2n) is 10.8. The van der Waals surface area contributed by atoms with Crippen molar-refractivity contribution in [3.8, 4) is 0 Å². The van der Waals surface area contributed by atoms with E-state index in [4.69, 9.17) is 48.2 Å². The second kappa shape index (κ2) is 12.0. The van der Waals surface area contributed by atoms with Crippen molar-refractivity contribution in [2.75, 3.05) is 66.0 Å². The molecule has 202 valence electrons. The van der Waals surface area contributed by atoms with Crippen LogP contribution in [0.25, 0.3) is 10.4 Å². The highest BCUT2D eigenvalue weighted by molar-refractivity contribution is 4.85. The maximum absolute atomic E-state index is 9.07. The topological polar surface area (TPSA) is 132 Å². The fourth-order valence-corrected chi connectivity index (χ4v) is 3.65. The van der Waals surface area contributed by atoms with Crippen LogP contribution in [-0.4, -0.2) is 102 Å². The average Bonchev–Trinajstić information content (AvgIpc) is 2.80. The van der Waals surface area contributed by atoms with Gasteiger partial charge in [-0.25, -0.2) is 0 Å². The van der Waals surface area contributed by atoms with Crippen molar-refractivity contribution in [1.82, 2.24) is 0 Å². The van der Waals surface area contributed by atoms with Crippen LogP contribution in [0.1, 0.15) is 41.5 Å². The Morgan fingerprint density at radius 1 is 0.657 bits per heavy atom. The molecule has 0 aromatic carbocycles. The number of azide groups is 1. The van der Waals surface area contributed by atoms with Gasteiger partial charge in [-0.15, -0.1) is 0 Å². The summed E-state index contributed by atoms with van der Waals surface area (Å²) in [5, 5.41) is 3.86. The van der Waals surface area contributed by atoms with E-state index in [2.05, 4.69) is 10.0 Å². The Hall–Kier alpha value is -1.05. The van der Waals surface area contributed by atoms with Crippen molar-refractivity contribution in [3.63, 3.8) is 0 Å². The van der Waals surface area contributed by atoms with Gasteiger partial charge < -0.3 is 42.6 Å². The first-order valence-corrected chi connectivity index (χ1v) is 12.1. The van der Waals surface area contributed by atoms with Crippen LogP contribution in [0.15, 0.2) is 5.11 Å². The van der Waals surface area contributed by atoms with Crippen molar-refractivity contribution in [3.05, 3.63) is 10.4 Å². The van der Waals surface area contributed by atoms with Gasteiger partial charge in [-0.1, -0.05) is 5.11 Å². The van der Waals surface area contributed by atoms with Crippen LogP contribution >= 0.6 is 0 Å². The largest absolute Gasteiger partial charge is 0.373 e. The summed E-state index contributed by atoms with van der Waals surface area (Å²) in [5.74, 6) is -1.92. The lowest BCUT2D eigenvalue weighted by Gasteiger charge is -2.40. The van der Waals surface area contributed by atoms with Gasteiger partial charge in [0.1, 0.15) is 18.3 Å². The zero-order valence-electron chi connectivity index (χ0n) is 21.8. The molecule has 3 saturated heterocycles. The molecule has 12 nitrogen and oxygen atoms in total. The van der Waals surface area contributed by atoms with Gasteiger partial charge in [0.05, 0.1) is 59.5 Å². The molecule has 0 amide bonds. The van der Waals surface area contributed by atoms with Gasteiger partial charge >= 0.3 is 0 Å². The zero-order chi connectivity index (χ0) is 25.6. The molecule has 0 atom stereocenters. The van der Waals surface area contributed by atoms with Gasteiger partial charge in [0.15, 0.2) is 17.4 Å². The Labute approximate surface area is 207 Å². The summed E-state index contributed by atoms with van der Waals surface area (Å²) < 4.78 is 52.8. The molecule has 0 aliphatic carbocycles. The Morgan fingerprint density at radius 3 is 1.20 bits per heavy atom. The van der Waals surface area contributed by atoms with E-state index in [1.54, 1.807) is 0 Å². The molecule has 0 saturated carbocycles. The Kier molecular flexibility index (Phi) is 9.78. The van der Waals surface area contributed by atoms with Crippen LogP contribution in [0, 0.1) is 5.41 Å². The lowest BCUT2D eigenvalue weighted by molar-refractivity contribution is -0.294. The van der Waals surface area contributed by atoms with Gasteiger partial charge in [-0.2, -0.15) is 0 Å². The van der Waals surface area contributed by atoms with Crippen molar-refractivity contribution < 1.29 is 42.6 Å². The van der Waals surface area contributed by atoms with E-state index in [0.29, 0.717) is 39.6 Å². The third-order valence-electron chi connectivity index (χ3n) is 6.05. The highest BCUT2D eigenvalue weighted by atomic mass is 16.7. The molecule has 3 aliphatic rings. The molecule has 3 aliphatic heterocycles. The van der Waals surface area contributed by atoms with Crippen LogP contribution in [0.3, 0.4) is 0 Å². The third-order valence-corrected chi connectivity index (χ3v) is 6.05. The smallest absolute Gasteiger partial charge is 0.163 e. The normalized spacial score (nSPS) is 25.8. The summed E-state index contributed by atoms with van der Waals surface area (Å²) in [6.45, 7) is 14.3. The molecule has 0 N–H and O–H groups in total. The summed E-state index contributed by atoms with van der Waals surface area (Å²) in [6, 6.07) is 0. The van der Waals surface area contributed by atoms with E-state index in [-0.39, 0.29) is 44.7 Å². The number of rotatable bonds is 11. The molecule has 0 aromatic rings. The monoisotopic (exact) mass is 503 g/mol. The second-order valence-corrected chi connectivity index (χ2v) is 10.8. The quantitative estimate of drug-likeness (QED) is 0.237. The standard InChI is InChI=1S/C23H41N3O9/c1-20(2)30-7-17(8-31-20)27-14-23(13-25-26-24,15-28-18-9-32-21(3,4)33-10-18)16-29-19-11-34-22(5,6)35-12-19/h17-19H,7-16H2,1-6H3. The molecule has 0 unspecified atom stereocenters. The Morgan fingerprint density at radius 2 is 0.943 bits per heavy atom. The molecule has 35 heavy (non-hydrogen) atoms. The fraction of sp³-hybridized carbons (Fsp3) is 1.00. The summed E-state index contributed by atoms with van der Waals surface area (Å²) in [7, 11) is 0. The van der Waals surface area contributed by atoms with E-state index in [1.807, 2.05) is 41.5 Å². The predicted molar refractivity (Wildman–Crippen MR) is 124 cm³/mol. The maximum atomic E-state index is 9.07. The van der Waals surface area contributed by atoms with E-state index in [9.17, 15) is 0 Å². The number of ether oxygens (including phenoxy) is 9. The Bertz CT molecular complexity index is 618. The van der Waals surface area contributed by atoms with Crippen LogP contribution < -0.4 is 0 Å². The Balaban J connectivity index is 1.64. The first-order valence-electron chi connectivity index (χ1n) is 12.1. The molecular formula is C23H41N3O9. The minimum atomic E-state index is -0.765. The molecular weight excluding hydrogens is 462 g/mol. The molecule has 3 fully saturated rings. The summed E-state index contributed by atoms with van der Waals surface area (Å²) in [5.41, 5.74) is 8.30. The number of hydrogen-bond donors (Lipinski definition) is 0. The first-order chi connectivity index (χ1) is 16.4. The molecule has 0 radical (unpaired) electrons. The van der Waals surface area contributed by atoms with E-state index in [1.165, 1.54) is 0 Å². The lowest BCUT2D eigenvalue weighted by atomic mass is 9.91. The van der Waals surface area contributed by atoms with Crippen LogP contribution in [0.2, 0.25) is 0 Å². The molecule has 3 rings (SSSR count). The minimum Gasteiger partial charge on any atom is -0.373 e. The van der Waals surface area contributed by atoms with Crippen LogP contribution in [0.4, 0.5) is 0 Å². The van der Waals surface area contributed by atoms with Crippen molar-refractivity contribution in [2.45, 2.75) is 77.2 Å². The maximum Gasteiger partial charge on any atom is 0.163 e. The van der Waals surface area contributed by atoms with Gasteiger partial charge in [0.25, 0.3) is 0 Å². The lowest BCUT2D eigenvalue weighted by Crippen LogP contribution is -2.50. The summed E-state index contributed by atoms with van der Waals surface area (Å²) >= 11 is 0. The van der Waals surface area contributed by atoms with E-state index < -0.39 is 22.8 Å². The molecule has 12 heteroatoms. The first kappa shape index (κ1) is 28.5. The number of hydrogen-bond acceptors (Lipinski definition) is 10. The van der Waals surface area contributed by atoms with E-state index >= 15 is 0 Å². The van der Waals surface area contributed by atoms with E-state index in [0.717, 1.165) is 0 Å². The van der Waals surface area contributed by atoms with Crippen LogP contribution in [0.5, 0.6) is 0 Å². The zero-order valence-corrected chi connectivity index (χ0v) is 21.8. The number of nitrogens with zero attached hydrogens (tertiary/aromatic N) is 3. The average molecular weight is 504 g/mol. The third kappa shape index (κ3) is 9.40. The molecule has 3 heterocycles. The molecule has 0 spiro atoms. The van der Waals surface area contributed by atoms with Crippen molar-refractivity contribution >= 4 is 0 Å². The van der Waals surface area contributed by atoms with Gasteiger partial charge in [-0.05, 0) is 47.1 Å². The highest BCUT2D eigenvalue weighted by Gasteiger charge is 2.38. The fourth-order valence-electron chi connectivity index (χ4n) is 3.65. The molecule has 0 bridgehead atoms. The van der Waals surface area contributed by atoms with Gasteiger partial charge in [-0.3, -0.25) is 0 Å². The minimum absolute atomic E-state index is 0.114. The van der Waals surface area contributed by atoms with Crippen molar-refractivity contribution in [2.24, 2.45) is 10.5 Å². The highest BCUT2D eigenvalue weighted by Crippen LogP contribution is 2.28. The van der Waals surface area contributed by atoms with Gasteiger partial charge in [0, 0.05) is 16.9 Å². The van der Waals surface area contributed by atoms with Gasteiger partial charge in [0.2, 0.25) is 0 Å². The summed E-state index contributed by atoms with van der Waals surface area (Å²) in [6.07, 6.45) is -0.798. The molecule has 0 aromatic heterocycles. The summed E-state index contributed by atoms with van der Waals surface area (Å²) in [4.78, 5) is 2.97. The van der Waals surface area contributed by atoms with Crippen molar-refractivity contribution in [1.29, 1.82) is 0 Å². The SMILES string of the molecule is CC1(C)OCC(OCC(CN=[N+]=[N-])(COC2COC(C)(C)OC2)COC2COC(C)(C)OC2)CO1. The predicted octanol–water partition coefficient (Wildman–Crippen LogP) is 2.79. The van der Waals surface area contributed by atoms with Crippen LogP contribution in [-0.2, 0) is 42.6 Å².